The molecule has 4 rings (SSSR count). The monoisotopic (exact) mass is 661 g/mol. The maximum atomic E-state index is 14.3. The largest absolute Gasteiger partial charge is 0.415 e. The average molecular weight is 662 g/mol. The van der Waals surface area contributed by atoms with Gasteiger partial charge in [-0.2, -0.15) is 0 Å². The predicted molar refractivity (Wildman–Crippen MR) is 190 cm³/mol. The molecule has 3 aromatic rings. The third-order valence-electron chi connectivity index (χ3n) is 10.1. The fourth-order valence-electron chi connectivity index (χ4n) is 7.10. The molecule has 0 spiro atoms. The second kappa shape index (κ2) is 17.3. The van der Waals surface area contributed by atoms with Gasteiger partial charge in [0, 0.05) is 44.8 Å². The van der Waals surface area contributed by atoms with Crippen LogP contribution in [0, 0.1) is 0 Å². The molecule has 0 aromatic heterocycles. The summed E-state index contributed by atoms with van der Waals surface area (Å²) in [6, 6.07) is 27.5. The van der Waals surface area contributed by atoms with Crippen molar-refractivity contribution in [2.75, 3.05) is 40.5 Å². The van der Waals surface area contributed by atoms with E-state index >= 15 is 0 Å². The molecule has 0 saturated carbocycles. The van der Waals surface area contributed by atoms with Crippen molar-refractivity contribution in [1.29, 1.82) is 0 Å². The van der Waals surface area contributed by atoms with Crippen LogP contribution in [0.5, 0.6) is 0 Å². The van der Waals surface area contributed by atoms with E-state index in [0.29, 0.717) is 54.8 Å². The number of likely N-dealkylation sites (N-methyl/N-ethyl adjacent to an activating group) is 1. The number of likely N-dealkylation sites (tertiary alicyclic amines) is 1. The number of esters is 1. The van der Waals surface area contributed by atoms with Gasteiger partial charge >= 0.3 is 5.97 Å². The SMILES string of the molecule is CCCCCCCCCC(=O)OC[N@+]1(CCC(C(=O)N(C)C)(c2ccccc2)c2ccccc2)CC[C@@](O)(c2ccc(Cl)cc2)CC1. The van der Waals surface area contributed by atoms with E-state index in [1.165, 1.54) is 25.7 Å². The number of piperidine rings is 1. The molecule has 1 fully saturated rings. The molecule has 0 atom stereocenters. The molecule has 47 heavy (non-hydrogen) atoms. The topological polar surface area (TPSA) is 66.8 Å². The molecule has 254 valence electrons. The molecule has 1 saturated heterocycles. The quantitative estimate of drug-likeness (QED) is 0.0899. The second-order valence-electron chi connectivity index (χ2n) is 13.7. The maximum absolute atomic E-state index is 14.3. The number of ether oxygens (including phenoxy) is 1. The van der Waals surface area contributed by atoms with Gasteiger partial charge in [0.2, 0.25) is 12.6 Å². The Balaban J connectivity index is 1.58. The fraction of sp³-hybridized carbons (Fsp3) is 0.500. The smallest absolute Gasteiger partial charge is 0.310 e. The number of benzene rings is 3. The van der Waals surface area contributed by atoms with Crippen molar-refractivity contribution in [3.63, 3.8) is 0 Å². The summed E-state index contributed by atoms with van der Waals surface area (Å²) in [5, 5.41) is 12.4. The number of nitrogens with zero attached hydrogens (tertiary/aromatic N) is 2. The highest BCUT2D eigenvalue weighted by molar-refractivity contribution is 6.30. The summed E-state index contributed by atoms with van der Waals surface area (Å²) in [6.07, 6.45) is 9.95. The van der Waals surface area contributed by atoms with Crippen molar-refractivity contribution in [3.8, 4) is 0 Å². The van der Waals surface area contributed by atoms with Gasteiger partial charge in [-0.3, -0.25) is 14.1 Å². The lowest BCUT2D eigenvalue weighted by Gasteiger charge is -2.47. The van der Waals surface area contributed by atoms with Gasteiger partial charge in [-0.25, -0.2) is 0 Å². The number of halogens is 1. The highest BCUT2D eigenvalue weighted by atomic mass is 35.5. The first-order valence-electron chi connectivity index (χ1n) is 17.5. The van der Waals surface area contributed by atoms with Crippen LogP contribution in [-0.2, 0) is 25.3 Å². The molecule has 1 aliphatic heterocycles. The van der Waals surface area contributed by atoms with Crippen LogP contribution in [0.3, 0.4) is 0 Å². The van der Waals surface area contributed by atoms with Crippen molar-refractivity contribution >= 4 is 23.5 Å². The minimum Gasteiger partial charge on any atom is -0.415 e. The predicted octanol–water partition coefficient (Wildman–Crippen LogP) is 8.24. The molecule has 0 aliphatic carbocycles. The summed E-state index contributed by atoms with van der Waals surface area (Å²) in [7, 11) is 3.62. The van der Waals surface area contributed by atoms with E-state index in [-0.39, 0.29) is 18.6 Å². The Hall–Kier alpha value is -3.19. The Morgan fingerprint density at radius 1 is 0.830 bits per heavy atom. The van der Waals surface area contributed by atoms with Crippen LogP contribution in [0.1, 0.15) is 94.2 Å². The third kappa shape index (κ3) is 9.46. The summed E-state index contributed by atoms with van der Waals surface area (Å²) >= 11 is 6.15. The first-order chi connectivity index (χ1) is 22.6. The van der Waals surface area contributed by atoms with Gasteiger partial charge in [0.1, 0.15) is 11.0 Å². The Morgan fingerprint density at radius 2 is 1.36 bits per heavy atom. The molecular formula is C40H54ClN2O4+. The van der Waals surface area contributed by atoms with Crippen LogP contribution >= 0.6 is 11.6 Å². The molecule has 0 bridgehead atoms. The molecule has 1 N–H and O–H groups in total. The van der Waals surface area contributed by atoms with Crippen LogP contribution in [0.2, 0.25) is 5.02 Å². The van der Waals surface area contributed by atoms with Gasteiger partial charge in [0.25, 0.3) is 0 Å². The van der Waals surface area contributed by atoms with Crippen LogP contribution in [0.4, 0.5) is 0 Å². The Kier molecular flexibility index (Phi) is 13.5. The number of quaternary nitrogens is 1. The summed E-state index contributed by atoms with van der Waals surface area (Å²) in [5.41, 5.74) is 0.802. The average Bonchev–Trinajstić information content (AvgIpc) is 3.09. The van der Waals surface area contributed by atoms with E-state index in [0.717, 1.165) is 36.0 Å². The Bertz CT molecular complexity index is 1350. The lowest BCUT2D eigenvalue weighted by molar-refractivity contribution is -0.950. The lowest BCUT2D eigenvalue weighted by atomic mass is 9.70. The van der Waals surface area contributed by atoms with Gasteiger partial charge in [0.05, 0.1) is 19.6 Å². The summed E-state index contributed by atoms with van der Waals surface area (Å²) in [4.78, 5) is 29.1. The van der Waals surface area contributed by atoms with E-state index in [9.17, 15) is 14.7 Å². The number of carbonyl (C=O) groups excluding carboxylic acids is 2. The fourth-order valence-corrected chi connectivity index (χ4v) is 7.22. The molecule has 1 aliphatic rings. The van der Waals surface area contributed by atoms with Gasteiger partial charge in [0.15, 0.2) is 0 Å². The van der Waals surface area contributed by atoms with E-state index in [1.807, 2.05) is 99.0 Å². The van der Waals surface area contributed by atoms with Crippen LogP contribution in [0.15, 0.2) is 84.9 Å². The van der Waals surface area contributed by atoms with Crippen molar-refractivity contribution in [3.05, 3.63) is 107 Å². The van der Waals surface area contributed by atoms with E-state index in [4.69, 9.17) is 16.3 Å². The lowest BCUT2D eigenvalue weighted by Crippen LogP contribution is -2.60. The number of amides is 1. The zero-order valence-electron chi connectivity index (χ0n) is 28.6. The Morgan fingerprint density at radius 3 is 1.89 bits per heavy atom. The maximum Gasteiger partial charge on any atom is 0.310 e. The number of carbonyl (C=O) groups is 2. The minimum absolute atomic E-state index is 0.0126. The molecule has 3 aromatic carbocycles. The van der Waals surface area contributed by atoms with Crippen molar-refractivity contribution in [2.24, 2.45) is 0 Å². The zero-order chi connectivity index (χ0) is 33.8. The molecule has 0 unspecified atom stereocenters. The Labute approximate surface area is 287 Å². The molecule has 1 heterocycles. The van der Waals surface area contributed by atoms with E-state index in [1.54, 1.807) is 4.90 Å². The highest BCUT2D eigenvalue weighted by Crippen LogP contribution is 2.41. The van der Waals surface area contributed by atoms with Crippen molar-refractivity contribution < 1.29 is 23.9 Å². The zero-order valence-corrected chi connectivity index (χ0v) is 29.4. The van der Waals surface area contributed by atoms with Gasteiger partial charge < -0.3 is 14.7 Å². The molecular weight excluding hydrogens is 608 g/mol. The second-order valence-corrected chi connectivity index (χ2v) is 14.1. The third-order valence-corrected chi connectivity index (χ3v) is 10.4. The van der Waals surface area contributed by atoms with Crippen LogP contribution < -0.4 is 0 Å². The van der Waals surface area contributed by atoms with Crippen LogP contribution in [-0.4, -0.2) is 66.8 Å². The summed E-state index contributed by atoms with van der Waals surface area (Å²) in [5.74, 6) is -0.157. The first-order valence-corrected chi connectivity index (χ1v) is 17.8. The van der Waals surface area contributed by atoms with E-state index < -0.39 is 11.0 Å². The number of hydrogen-bond acceptors (Lipinski definition) is 4. The highest BCUT2D eigenvalue weighted by Gasteiger charge is 2.48. The minimum atomic E-state index is -0.996. The first kappa shape index (κ1) is 36.6. The molecule has 1 amide bonds. The number of rotatable bonds is 17. The van der Waals surface area contributed by atoms with Gasteiger partial charge in [-0.1, -0.05) is 130 Å². The normalized spacial score (nSPS) is 19.7. The van der Waals surface area contributed by atoms with Crippen molar-refractivity contribution in [2.45, 2.75) is 88.6 Å². The number of hydrogen-bond donors (Lipinski definition) is 1. The summed E-state index contributed by atoms with van der Waals surface area (Å²) in [6.45, 7) is 4.27. The summed E-state index contributed by atoms with van der Waals surface area (Å²) < 4.78 is 6.53. The van der Waals surface area contributed by atoms with Crippen LogP contribution in [0.25, 0.3) is 0 Å². The molecule has 6 nitrogen and oxygen atoms in total. The molecule has 0 radical (unpaired) electrons. The van der Waals surface area contributed by atoms with Crippen molar-refractivity contribution in [1.82, 2.24) is 4.90 Å². The standard InChI is InChI=1S/C40H54ClN2O4/c1-4-5-6-7-8-9-16-21-37(44)47-32-43(29-26-39(46,27-30-43)33-22-24-36(41)25-23-33)31-28-40(38(45)42(2)3,34-17-12-10-13-18-34)35-19-14-11-15-20-35/h10-15,17-20,22-25,46H,4-9,16,21,26-32H2,1-3H3/q+1/t39-,43+. The molecule has 7 heteroatoms. The number of aliphatic hydroxyl groups is 1. The van der Waals surface area contributed by atoms with E-state index in [2.05, 4.69) is 6.92 Å². The van der Waals surface area contributed by atoms with Gasteiger partial charge in [-0.05, 0) is 35.2 Å². The van der Waals surface area contributed by atoms with Gasteiger partial charge in [-0.15, -0.1) is 0 Å². The number of unbranched alkanes of at least 4 members (excludes halogenated alkanes) is 6.